The Morgan fingerprint density at radius 3 is 2.56 bits per heavy atom. The van der Waals surface area contributed by atoms with Gasteiger partial charge in [-0.25, -0.2) is 9.61 Å². The van der Waals surface area contributed by atoms with E-state index in [-0.39, 0.29) is 29.6 Å². The first-order valence-electron chi connectivity index (χ1n) is 8.92. The molecule has 0 aromatic carbocycles. The lowest BCUT2D eigenvalue weighted by Gasteiger charge is -2.30. The summed E-state index contributed by atoms with van der Waals surface area (Å²) in [6.07, 6.45) is 3.36. The molecule has 1 saturated carbocycles. The molecule has 0 bridgehead atoms. The molecule has 0 unspecified atom stereocenters. The third kappa shape index (κ3) is 5.10. The summed E-state index contributed by atoms with van der Waals surface area (Å²) < 4.78 is 4.58. The number of hydrogen-bond donors (Lipinski definition) is 2. The summed E-state index contributed by atoms with van der Waals surface area (Å²) >= 11 is 1.48. The van der Waals surface area contributed by atoms with Crippen molar-refractivity contribution in [3.63, 3.8) is 0 Å². The highest BCUT2D eigenvalue weighted by Gasteiger charge is 2.27. The molecule has 146 valence electrons. The summed E-state index contributed by atoms with van der Waals surface area (Å²) in [5.41, 5.74) is 1.12. The van der Waals surface area contributed by atoms with E-state index >= 15 is 0 Å². The highest BCUT2D eigenvalue weighted by molar-refractivity contribution is 7.09. The van der Waals surface area contributed by atoms with Gasteiger partial charge in [0.15, 0.2) is 5.69 Å². The Morgan fingerprint density at radius 2 is 1.93 bits per heavy atom. The molecular formula is C17H24N6O3S. The van der Waals surface area contributed by atoms with E-state index in [0.717, 1.165) is 24.3 Å². The molecule has 2 N–H and O–H groups in total. The van der Waals surface area contributed by atoms with E-state index in [1.807, 2.05) is 19.0 Å². The zero-order valence-corrected chi connectivity index (χ0v) is 16.5. The molecule has 2 aromatic heterocycles. The molecule has 2 atom stereocenters. The van der Waals surface area contributed by atoms with Gasteiger partial charge in [0.25, 0.3) is 11.8 Å². The topological polar surface area (TPSA) is 113 Å². The third-order valence-electron chi connectivity index (χ3n) is 4.45. The number of thiazole rings is 1. The van der Waals surface area contributed by atoms with Gasteiger partial charge in [0, 0.05) is 24.0 Å². The molecule has 2 aromatic rings. The molecule has 2 amide bonds. The first-order chi connectivity index (χ1) is 12.9. The van der Waals surface area contributed by atoms with E-state index in [2.05, 4.69) is 30.6 Å². The maximum atomic E-state index is 12.5. The van der Waals surface area contributed by atoms with Gasteiger partial charge in [-0.3, -0.25) is 9.59 Å². The molecule has 0 radical (unpaired) electrons. The number of rotatable bonds is 6. The Morgan fingerprint density at radius 1 is 1.22 bits per heavy atom. The van der Waals surface area contributed by atoms with Gasteiger partial charge in [0.1, 0.15) is 16.4 Å². The van der Waals surface area contributed by atoms with Gasteiger partial charge in [-0.1, -0.05) is 5.16 Å². The second-order valence-corrected chi connectivity index (χ2v) is 8.01. The Hall–Kier alpha value is -2.33. The summed E-state index contributed by atoms with van der Waals surface area (Å²) in [5.74, 6) is -0.455. The van der Waals surface area contributed by atoms with Gasteiger partial charge in [-0.15, -0.1) is 11.3 Å². The molecule has 1 aliphatic carbocycles. The molecular weight excluding hydrogens is 368 g/mol. The zero-order chi connectivity index (χ0) is 19.4. The number of nitrogens with one attached hydrogen (secondary N) is 2. The minimum Gasteiger partial charge on any atom is -0.348 e. The Bertz CT molecular complexity index is 802. The van der Waals surface area contributed by atoms with Gasteiger partial charge in [0.2, 0.25) is 0 Å². The first-order valence-corrected chi connectivity index (χ1v) is 9.80. The van der Waals surface area contributed by atoms with Crippen molar-refractivity contribution < 1.29 is 14.2 Å². The predicted molar refractivity (Wildman–Crippen MR) is 99.5 cm³/mol. The van der Waals surface area contributed by atoms with Crippen molar-refractivity contribution in [2.75, 3.05) is 14.1 Å². The maximum Gasteiger partial charge on any atom is 0.275 e. The number of amides is 2. The van der Waals surface area contributed by atoms with Crippen LogP contribution >= 0.6 is 11.3 Å². The number of hydrogen-bond acceptors (Lipinski definition) is 8. The van der Waals surface area contributed by atoms with Gasteiger partial charge < -0.3 is 15.5 Å². The molecule has 9 nitrogen and oxygen atoms in total. The zero-order valence-electron chi connectivity index (χ0n) is 15.7. The molecule has 0 aliphatic heterocycles. The van der Waals surface area contributed by atoms with E-state index < -0.39 is 0 Å². The van der Waals surface area contributed by atoms with Crippen LogP contribution in [0.15, 0.2) is 10.0 Å². The van der Waals surface area contributed by atoms with Gasteiger partial charge in [-0.05, 0) is 51.9 Å². The van der Waals surface area contributed by atoms with Crippen LogP contribution in [0.4, 0.5) is 0 Å². The number of nitrogens with zero attached hydrogens (tertiary/aromatic N) is 4. The summed E-state index contributed by atoms with van der Waals surface area (Å²) in [6.45, 7) is 2.39. The van der Waals surface area contributed by atoms with Crippen molar-refractivity contribution in [1.82, 2.24) is 30.8 Å². The highest BCUT2D eigenvalue weighted by atomic mass is 32.1. The highest BCUT2D eigenvalue weighted by Crippen LogP contribution is 2.20. The number of carbonyl (C=O) groups excluding carboxylic acids is 2. The van der Waals surface area contributed by atoms with Crippen LogP contribution in [-0.2, 0) is 6.54 Å². The fourth-order valence-electron chi connectivity index (χ4n) is 3.16. The van der Waals surface area contributed by atoms with Crippen LogP contribution in [-0.4, -0.2) is 58.2 Å². The van der Waals surface area contributed by atoms with Crippen LogP contribution in [0.25, 0.3) is 0 Å². The van der Waals surface area contributed by atoms with Crippen LogP contribution in [0.2, 0.25) is 0 Å². The summed E-state index contributed by atoms with van der Waals surface area (Å²) in [4.78, 5) is 31.1. The fourth-order valence-corrected chi connectivity index (χ4v) is 4.05. The predicted octanol–water partition coefficient (Wildman–Crippen LogP) is 1.37. The van der Waals surface area contributed by atoms with Crippen LogP contribution in [0.5, 0.6) is 0 Å². The average Bonchev–Trinajstić information content (AvgIpc) is 3.23. The van der Waals surface area contributed by atoms with Gasteiger partial charge in [0.05, 0.1) is 0 Å². The fraction of sp³-hybridized carbons (Fsp3) is 0.588. The Kier molecular flexibility index (Phi) is 6.17. The van der Waals surface area contributed by atoms with E-state index in [0.29, 0.717) is 24.4 Å². The lowest BCUT2D eigenvalue weighted by molar-refractivity contribution is 0.0895. The van der Waals surface area contributed by atoms with Crippen molar-refractivity contribution >= 4 is 23.2 Å². The smallest absolute Gasteiger partial charge is 0.275 e. The van der Waals surface area contributed by atoms with Crippen molar-refractivity contribution in [2.24, 2.45) is 0 Å². The lowest BCUT2D eigenvalue weighted by Crippen LogP contribution is -2.46. The number of carbonyl (C=O) groups is 2. The monoisotopic (exact) mass is 392 g/mol. The normalized spacial score (nSPS) is 19.9. The molecule has 10 heteroatoms. The minimum atomic E-state index is -0.293. The van der Waals surface area contributed by atoms with Crippen LogP contribution in [0.1, 0.15) is 57.4 Å². The van der Waals surface area contributed by atoms with Gasteiger partial charge in [-0.2, -0.15) is 0 Å². The summed E-state index contributed by atoms with van der Waals surface area (Å²) in [5, 5.41) is 16.0. The van der Waals surface area contributed by atoms with Crippen LogP contribution < -0.4 is 10.6 Å². The van der Waals surface area contributed by atoms with Crippen molar-refractivity contribution in [3.05, 3.63) is 27.5 Å². The van der Waals surface area contributed by atoms with Crippen molar-refractivity contribution in [1.29, 1.82) is 0 Å². The Labute approximate surface area is 161 Å². The number of aryl methyl sites for hydroxylation is 1. The van der Waals surface area contributed by atoms with E-state index in [1.54, 1.807) is 12.3 Å². The van der Waals surface area contributed by atoms with Crippen LogP contribution in [0.3, 0.4) is 0 Å². The lowest BCUT2D eigenvalue weighted by atomic mass is 9.90. The molecule has 2 heterocycles. The largest absolute Gasteiger partial charge is 0.348 e. The second-order valence-electron chi connectivity index (χ2n) is 7.07. The third-order valence-corrected chi connectivity index (χ3v) is 5.28. The maximum absolute atomic E-state index is 12.5. The summed E-state index contributed by atoms with van der Waals surface area (Å²) in [6, 6.07) is -0.0144. The Balaban J connectivity index is 1.53. The van der Waals surface area contributed by atoms with Gasteiger partial charge >= 0.3 is 0 Å². The molecule has 0 spiro atoms. The van der Waals surface area contributed by atoms with Crippen molar-refractivity contribution in [3.8, 4) is 0 Å². The number of aromatic nitrogens is 3. The average molecular weight is 392 g/mol. The minimum absolute atomic E-state index is 0.00656. The molecule has 0 saturated heterocycles. The van der Waals surface area contributed by atoms with Crippen molar-refractivity contribution in [2.45, 2.75) is 51.2 Å². The SMILES string of the molecule is Cc1nonc1C(=O)N[C@@H]1CCC[C@@H](NC(=O)c2csc(CN(C)C)n2)C1. The first kappa shape index (κ1) is 19.4. The molecule has 3 rings (SSSR count). The van der Waals surface area contributed by atoms with Crippen LogP contribution in [0, 0.1) is 6.92 Å². The van der Waals surface area contributed by atoms with E-state index in [9.17, 15) is 9.59 Å². The molecule has 1 aliphatic rings. The molecule has 1 fully saturated rings. The van der Waals surface area contributed by atoms with E-state index in [1.165, 1.54) is 11.3 Å². The molecule has 27 heavy (non-hydrogen) atoms. The quantitative estimate of drug-likeness (QED) is 0.763. The second kappa shape index (κ2) is 8.57. The standard InChI is InChI=1S/C17H24N6O3S/c1-10-15(22-26-21-10)17(25)19-12-6-4-5-11(7-12)18-16(24)13-9-27-14(20-13)8-23(2)3/h9,11-12H,4-8H2,1-3H3,(H,18,24)(H,19,25)/t11-,12-/m1/s1. The summed E-state index contributed by atoms with van der Waals surface area (Å²) in [7, 11) is 3.93. The van der Waals surface area contributed by atoms with E-state index in [4.69, 9.17) is 0 Å².